The van der Waals surface area contributed by atoms with Crippen molar-refractivity contribution < 1.29 is 0 Å². The van der Waals surface area contributed by atoms with Gasteiger partial charge in [0.25, 0.3) is 0 Å². The van der Waals surface area contributed by atoms with E-state index in [2.05, 4.69) is 28.9 Å². The third-order valence-corrected chi connectivity index (χ3v) is 4.42. The number of nitrogens with zero attached hydrogens (tertiary/aromatic N) is 1. The van der Waals surface area contributed by atoms with Gasteiger partial charge in [0.1, 0.15) is 0 Å². The van der Waals surface area contributed by atoms with Crippen LogP contribution in [0.2, 0.25) is 0 Å². The second-order valence-electron chi connectivity index (χ2n) is 4.56. The normalized spacial score (nSPS) is 34.9. The first-order valence-corrected chi connectivity index (χ1v) is 6.97. The van der Waals surface area contributed by atoms with Gasteiger partial charge in [-0.15, -0.1) is 0 Å². The van der Waals surface area contributed by atoms with Crippen LogP contribution in [0.4, 0.5) is 0 Å². The SMILES string of the molecule is CC1CN(CCC2CCCN2)CCS1. The van der Waals surface area contributed by atoms with Crippen LogP contribution < -0.4 is 5.32 Å². The molecule has 2 aliphatic heterocycles. The molecule has 3 heteroatoms. The summed E-state index contributed by atoms with van der Waals surface area (Å²) in [6, 6.07) is 0.819. The number of rotatable bonds is 3. The van der Waals surface area contributed by atoms with Gasteiger partial charge in [0.05, 0.1) is 0 Å². The first-order valence-electron chi connectivity index (χ1n) is 5.92. The maximum absolute atomic E-state index is 3.58. The zero-order valence-corrected chi connectivity index (χ0v) is 9.98. The van der Waals surface area contributed by atoms with Crippen LogP contribution in [0.15, 0.2) is 0 Å². The summed E-state index contributed by atoms with van der Waals surface area (Å²) in [6.07, 6.45) is 4.15. The monoisotopic (exact) mass is 214 g/mol. The lowest BCUT2D eigenvalue weighted by atomic mass is 10.1. The molecule has 2 heterocycles. The minimum atomic E-state index is 0.819. The average Bonchev–Trinajstić information content (AvgIpc) is 2.67. The highest BCUT2D eigenvalue weighted by Gasteiger charge is 2.19. The second kappa shape index (κ2) is 5.38. The van der Waals surface area contributed by atoms with Crippen molar-refractivity contribution in [1.29, 1.82) is 0 Å². The summed E-state index contributed by atoms with van der Waals surface area (Å²) < 4.78 is 0. The van der Waals surface area contributed by atoms with Gasteiger partial charge in [-0.1, -0.05) is 6.92 Å². The Bertz CT molecular complexity index is 169. The Kier molecular flexibility index (Phi) is 4.14. The molecule has 2 nitrogen and oxygen atoms in total. The smallest absolute Gasteiger partial charge is 0.0147 e. The largest absolute Gasteiger partial charge is 0.314 e. The minimum absolute atomic E-state index is 0.819. The number of hydrogen-bond donors (Lipinski definition) is 1. The molecular formula is C11H22N2S. The van der Waals surface area contributed by atoms with Gasteiger partial charge in [0.15, 0.2) is 0 Å². The number of thioether (sulfide) groups is 1. The van der Waals surface area contributed by atoms with Crippen molar-refractivity contribution in [1.82, 2.24) is 10.2 Å². The lowest BCUT2D eigenvalue weighted by Crippen LogP contribution is -2.39. The lowest BCUT2D eigenvalue weighted by Gasteiger charge is -2.31. The zero-order chi connectivity index (χ0) is 9.80. The molecular weight excluding hydrogens is 192 g/mol. The van der Waals surface area contributed by atoms with Gasteiger partial charge in [-0.05, 0) is 32.4 Å². The highest BCUT2D eigenvalue weighted by molar-refractivity contribution is 7.99. The van der Waals surface area contributed by atoms with Crippen LogP contribution in [-0.4, -0.2) is 48.1 Å². The maximum atomic E-state index is 3.58. The van der Waals surface area contributed by atoms with Gasteiger partial charge in [0.2, 0.25) is 0 Å². The highest BCUT2D eigenvalue weighted by atomic mass is 32.2. The summed E-state index contributed by atoms with van der Waals surface area (Å²) in [5.74, 6) is 1.33. The van der Waals surface area contributed by atoms with Crippen molar-refractivity contribution in [3.8, 4) is 0 Å². The fourth-order valence-corrected chi connectivity index (χ4v) is 3.52. The molecule has 0 bridgehead atoms. The van der Waals surface area contributed by atoms with E-state index in [0.717, 1.165) is 11.3 Å². The van der Waals surface area contributed by atoms with Crippen molar-refractivity contribution in [2.75, 3.05) is 31.9 Å². The first kappa shape index (κ1) is 10.8. The van der Waals surface area contributed by atoms with E-state index >= 15 is 0 Å². The summed E-state index contributed by atoms with van der Waals surface area (Å²) in [7, 11) is 0. The Balaban J connectivity index is 1.64. The van der Waals surface area contributed by atoms with Crippen LogP contribution in [0.25, 0.3) is 0 Å². The zero-order valence-electron chi connectivity index (χ0n) is 9.17. The fraction of sp³-hybridized carbons (Fsp3) is 1.00. The van der Waals surface area contributed by atoms with E-state index < -0.39 is 0 Å². The summed E-state index contributed by atoms with van der Waals surface area (Å²) in [5.41, 5.74) is 0. The summed E-state index contributed by atoms with van der Waals surface area (Å²) in [6.45, 7) is 7.52. The summed E-state index contributed by atoms with van der Waals surface area (Å²) in [4.78, 5) is 2.64. The van der Waals surface area contributed by atoms with Crippen molar-refractivity contribution in [2.24, 2.45) is 0 Å². The molecule has 0 spiro atoms. The Labute approximate surface area is 91.8 Å². The topological polar surface area (TPSA) is 15.3 Å². The summed E-state index contributed by atoms with van der Waals surface area (Å²) in [5, 5.41) is 4.42. The van der Waals surface area contributed by atoms with Crippen molar-refractivity contribution >= 4 is 11.8 Å². The van der Waals surface area contributed by atoms with Crippen LogP contribution in [0.5, 0.6) is 0 Å². The fourth-order valence-electron chi connectivity index (χ4n) is 2.44. The molecule has 82 valence electrons. The van der Waals surface area contributed by atoms with Gasteiger partial charge < -0.3 is 10.2 Å². The molecule has 1 N–H and O–H groups in total. The van der Waals surface area contributed by atoms with Crippen molar-refractivity contribution in [3.05, 3.63) is 0 Å². The maximum Gasteiger partial charge on any atom is 0.0147 e. The quantitative estimate of drug-likeness (QED) is 0.768. The van der Waals surface area contributed by atoms with Gasteiger partial charge in [-0.25, -0.2) is 0 Å². The predicted molar refractivity (Wildman–Crippen MR) is 64.0 cm³/mol. The molecule has 2 rings (SSSR count). The van der Waals surface area contributed by atoms with Crippen LogP contribution in [0.1, 0.15) is 26.2 Å². The minimum Gasteiger partial charge on any atom is -0.314 e. The molecule has 2 fully saturated rings. The molecule has 2 unspecified atom stereocenters. The highest BCUT2D eigenvalue weighted by Crippen LogP contribution is 2.18. The van der Waals surface area contributed by atoms with Crippen LogP contribution in [0.3, 0.4) is 0 Å². The van der Waals surface area contributed by atoms with Crippen LogP contribution in [-0.2, 0) is 0 Å². The van der Waals surface area contributed by atoms with Gasteiger partial charge in [-0.3, -0.25) is 0 Å². The first-order chi connectivity index (χ1) is 6.84. The molecule has 0 saturated carbocycles. The standard InChI is InChI=1S/C11H22N2S/c1-10-9-13(7-8-14-10)6-4-11-3-2-5-12-11/h10-12H,2-9H2,1H3. The Morgan fingerprint density at radius 1 is 1.50 bits per heavy atom. The summed E-state index contributed by atoms with van der Waals surface area (Å²) >= 11 is 2.12. The molecule has 2 saturated heterocycles. The molecule has 0 aromatic carbocycles. The van der Waals surface area contributed by atoms with E-state index in [1.807, 2.05) is 0 Å². The molecule has 2 atom stereocenters. The van der Waals surface area contributed by atoms with Crippen molar-refractivity contribution in [2.45, 2.75) is 37.5 Å². The third kappa shape index (κ3) is 3.14. The van der Waals surface area contributed by atoms with E-state index in [-0.39, 0.29) is 0 Å². The second-order valence-corrected chi connectivity index (χ2v) is 6.11. The van der Waals surface area contributed by atoms with Gasteiger partial charge >= 0.3 is 0 Å². The average molecular weight is 214 g/mol. The van der Waals surface area contributed by atoms with E-state index in [0.29, 0.717) is 0 Å². The van der Waals surface area contributed by atoms with Crippen molar-refractivity contribution in [3.63, 3.8) is 0 Å². The van der Waals surface area contributed by atoms with Crippen LogP contribution in [0, 0.1) is 0 Å². The van der Waals surface area contributed by atoms with Gasteiger partial charge in [0, 0.05) is 30.1 Å². The van der Waals surface area contributed by atoms with E-state index in [4.69, 9.17) is 0 Å². The molecule has 0 amide bonds. The molecule has 0 aliphatic carbocycles. The molecule has 2 aliphatic rings. The lowest BCUT2D eigenvalue weighted by molar-refractivity contribution is 0.271. The Hall–Kier alpha value is 0.270. The van der Waals surface area contributed by atoms with E-state index in [1.165, 1.54) is 51.2 Å². The Morgan fingerprint density at radius 3 is 3.14 bits per heavy atom. The number of hydrogen-bond acceptors (Lipinski definition) is 3. The van der Waals surface area contributed by atoms with Gasteiger partial charge in [-0.2, -0.15) is 11.8 Å². The van der Waals surface area contributed by atoms with Crippen LogP contribution >= 0.6 is 11.8 Å². The van der Waals surface area contributed by atoms with E-state index in [9.17, 15) is 0 Å². The number of nitrogens with one attached hydrogen (secondary N) is 1. The third-order valence-electron chi connectivity index (χ3n) is 3.28. The molecule has 0 aromatic heterocycles. The molecule has 0 radical (unpaired) electrons. The molecule has 0 aromatic rings. The Morgan fingerprint density at radius 2 is 2.43 bits per heavy atom. The molecule has 14 heavy (non-hydrogen) atoms. The van der Waals surface area contributed by atoms with E-state index in [1.54, 1.807) is 0 Å². The predicted octanol–water partition coefficient (Wildman–Crippen LogP) is 1.57.